The fourth-order valence-electron chi connectivity index (χ4n) is 4.12. The van der Waals surface area contributed by atoms with Crippen molar-refractivity contribution >= 4 is 23.2 Å². The molecule has 0 aliphatic carbocycles. The van der Waals surface area contributed by atoms with E-state index in [4.69, 9.17) is 0 Å². The second kappa shape index (κ2) is 6.92. The van der Waals surface area contributed by atoms with Gasteiger partial charge in [0.1, 0.15) is 5.69 Å². The number of rotatable bonds is 2. The lowest BCUT2D eigenvalue weighted by Gasteiger charge is -2.50. The molecule has 2 atom stereocenters. The minimum absolute atomic E-state index is 0.0403. The van der Waals surface area contributed by atoms with E-state index >= 15 is 0 Å². The van der Waals surface area contributed by atoms with E-state index in [9.17, 15) is 9.90 Å². The Labute approximate surface area is 156 Å². The van der Waals surface area contributed by atoms with Crippen LogP contribution in [0.1, 0.15) is 35.4 Å². The van der Waals surface area contributed by atoms with Gasteiger partial charge in [0.25, 0.3) is 5.91 Å². The van der Waals surface area contributed by atoms with E-state index in [-0.39, 0.29) is 11.3 Å². The number of hydrogen-bond acceptors (Lipinski definition) is 7. The average Bonchev–Trinajstić information content (AvgIpc) is 3.18. The molecule has 2 saturated heterocycles. The van der Waals surface area contributed by atoms with Crippen molar-refractivity contribution in [3.63, 3.8) is 0 Å². The number of aliphatic hydroxyl groups is 1. The zero-order chi connectivity index (χ0) is 18.1. The molecule has 2 aromatic rings. The third kappa shape index (κ3) is 3.19. The Morgan fingerprint density at radius 3 is 3.00 bits per heavy atom. The van der Waals surface area contributed by atoms with Gasteiger partial charge in [0.2, 0.25) is 5.95 Å². The summed E-state index contributed by atoms with van der Waals surface area (Å²) in [7, 11) is 0. The molecule has 2 fully saturated rings. The van der Waals surface area contributed by atoms with E-state index in [1.165, 1.54) is 11.3 Å². The Balaban J connectivity index is 1.56. The molecule has 0 bridgehead atoms. The normalized spacial score (nSPS) is 26.3. The Morgan fingerprint density at radius 2 is 2.23 bits per heavy atom. The van der Waals surface area contributed by atoms with Crippen LogP contribution in [0, 0.1) is 12.3 Å². The Kier molecular flexibility index (Phi) is 4.62. The van der Waals surface area contributed by atoms with Crippen LogP contribution in [0.15, 0.2) is 23.2 Å². The van der Waals surface area contributed by atoms with Crippen LogP contribution in [0.5, 0.6) is 0 Å². The summed E-state index contributed by atoms with van der Waals surface area (Å²) < 4.78 is 0. The maximum atomic E-state index is 12.7. The van der Waals surface area contributed by atoms with Gasteiger partial charge in [-0.25, -0.2) is 15.0 Å². The monoisotopic (exact) mass is 373 g/mol. The second-order valence-corrected chi connectivity index (χ2v) is 8.01. The number of anilines is 1. The molecule has 0 saturated carbocycles. The third-order valence-corrected chi connectivity index (χ3v) is 6.08. The predicted octanol–water partition coefficient (Wildman–Crippen LogP) is 1.74. The molecular weight excluding hydrogens is 350 g/mol. The Hall–Kier alpha value is -2.06. The van der Waals surface area contributed by atoms with Crippen molar-refractivity contribution in [1.82, 2.24) is 19.9 Å². The number of aromatic nitrogens is 3. The summed E-state index contributed by atoms with van der Waals surface area (Å²) >= 11 is 1.43. The molecule has 0 unspecified atom stereocenters. The number of likely N-dealkylation sites (tertiary alicyclic amines) is 1. The molecule has 2 aliphatic heterocycles. The summed E-state index contributed by atoms with van der Waals surface area (Å²) in [5, 5.41) is 12.6. The summed E-state index contributed by atoms with van der Waals surface area (Å²) in [5.74, 6) is 0.667. The zero-order valence-electron chi connectivity index (χ0n) is 14.8. The highest BCUT2D eigenvalue weighted by atomic mass is 32.1. The van der Waals surface area contributed by atoms with Crippen molar-refractivity contribution in [3.05, 3.63) is 34.5 Å². The van der Waals surface area contributed by atoms with E-state index < -0.39 is 6.10 Å². The smallest absolute Gasteiger partial charge is 0.273 e. The SMILES string of the molecule is Cc1ccnc(N2CC[C@@H](O)[C@]3(CCCN(C(=O)c4cscn4)C3)C2)n1. The maximum absolute atomic E-state index is 12.7. The molecule has 2 aliphatic rings. The standard InChI is InChI=1S/C18H23N5O2S/c1-13-3-6-19-17(21-13)23-8-4-15(24)18(11-23)5-2-7-22(10-18)16(25)14-9-26-12-20-14/h3,6,9,12,15,24H,2,4-5,7-8,10-11H2,1H3/t15-,18+/m1/s1. The molecule has 138 valence electrons. The first-order valence-corrected chi connectivity index (χ1v) is 9.92. The van der Waals surface area contributed by atoms with Crippen molar-refractivity contribution < 1.29 is 9.90 Å². The molecule has 0 radical (unpaired) electrons. The topological polar surface area (TPSA) is 82.5 Å². The van der Waals surface area contributed by atoms with Crippen LogP contribution in [0.25, 0.3) is 0 Å². The minimum Gasteiger partial charge on any atom is -0.392 e. The van der Waals surface area contributed by atoms with Gasteiger partial charge in [-0.15, -0.1) is 11.3 Å². The lowest BCUT2D eigenvalue weighted by atomic mass is 9.71. The second-order valence-electron chi connectivity index (χ2n) is 7.29. The molecule has 26 heavy (non-hydrogen) atoms. The van der Waals surface area contributed by atoms with Gasteiger partial charge in [-0.2, -0.15) is 0 Å². The van der Waals surface area contributed by atoms with Gasteiger partial charge in [-0.1, -0.05) is 0 Å². The zero-order valence-corrected chi connectivity index (χ0v) is 15.7. The van der Waals surface area contributed by atoms with Crippen molar-refractivity contribution in [3.8, 4) is 0 Å². The third-order valence-electron chi connectivity index (χ3n) is 5.50. The molecule has 0 aromatic carbocycles. The molecule has 1 amide bonds. The van der Waals surface area contributed by atoms with Crippen LogP contribution >= 0.6 is 11.3 Å². The number of hydrogen-bond donors (Lipinski definition) is 1. The number of piperidine rings is 2. The molecule has 8 heteroatoms. The molecule has 2 aromatic heterocycles. The largest absolute Gasteiger partial charge is 0.392 e. The van der Waals surface area contributed by atoms with Gasteiger partial charge in [0.05, 0.1) is 11.6 Å². The van der Waals surface area contributed by atoms with Crippen LogP contribution in [-0.2, 0) is 0 Å². The first-order chi connectivity index (χ1) is 12.6. The fraction of sp³-hybridized carbons (Fsp3) is 0.556. The maximum Gasteiger partial charge on any atom is 0.273 e. The lowest BCUT2D eigenvalue weighted by molar-refractivity contribution is -0.0364. The van der Waals surface area contributed by atoms with E-state index in [0.29, 0.717) is 37.7 Å². The summed E-state index contributed by atoms with van der Waals surface area (Å²) in [4.78, 5) is 29.8. The van der Waals surface area contributed by atoms with Gasteiger partial charge in [0.15, 0.2) is 0 Å². The highest BCUT2D eigenvalue weighted by molar-refractivity contribution is 7.07. The highest BCUT2D eigenvalue weighted by Crippen LogP contribution is 2.40. The lowest BCUT2D eigenvalue weighted by Crippen LogP contribution is -2.60. The first kappa shape index (κ1) is 17.4. The van der Waals surface area contributed by atoms with Crippen molar-refractivity contribution in [2.45, 2.75) is 32.3 Å². The van der Waals surface area contributed by atoms with E-state index in [0.717, 1.165) is 25.1 Å². The molecule has 1 spiro atoms. The van der Waals surface area contributed by atoms with Gasteiger partial charge < -0.3 is 14.9 Å². The van der Waals surface area contributed by atoms with Crippen LogP contribution in [0.4, 0.5) is 5.95 Å². The summed E-state index contributed by atoms with van der Waals surface area (Å²) in [5.41, 5.74) is 2.77. The molecular formula is C18H23N5O2S. The summed E-state index contributed by atoms with van der Waals surface area (Å²) in [6.45, 7) is 4.61. The van der Waals surface area contributed by atoms with Gasteiger partial charge in [-0.05, 0) is 32.3 Å². The van der Waals surface area contributed by atoms with Crippen molar-refractivity contribution in [2.24, 2.45) is 5.41 Å². The number of amides is 1. The van der Waals surface area contributed by atoms with E-state index in [1.54, 1.807) is 17.1 Å². The molecule has 7 nitrogen and oxygen atoms in total. The van der Waals surface area contributed by atoms with Crippen LogP contribution in [0.3, 0.4) is 0 Å². The number of thiazole rings is 1. The molecule has 4 rings (SSSR count). The quantitative estimate of drug-likeness (QED) is 0.863. The summed E-state index contributed by atoms with van der Waals surface area (Å²) in [6, 6.07) is 1.88. The number of aliphatic hydroxyl groups excluding tert-OH is 1. The predicted molar refractivity (Wildman–Crippen MR) is 99.3 cm³/mol. The van der Waals surface area contributed by atoms with Crippen LogP contribution in [0.2, 0.25) is 0 Å². The number of carbonyl (C=O) groups excluding carboxylic acids is 1. The van der Waals surface area contributed by atoms with Crippen LogP contribution < -0.4 is 4.90 Å². The highest BCUT2D eigenvalue weighted by Gasteiger charge is 2.47. The van der Waals surface area contributed by atoms with Crippen LogP contribution in [-0.4, -0.2) is 63.1 Å². The van der Waals surface area contributed by atoms with Crippen molar-refractivity contribution in [2.75, 3.05) is 31.1 Å². The van der Waals surface area contributed by atoms with Gasteiger partial charge in [0, 0.05) is 48.9 Å². The Morgan fingerprint density at radius 1 is 1.35 bits per heavy atom. The molecule has 4 heterocycles. The van der Waals surface area contributed by atoms with E-state index in [1.807, 2.05) is 17.9 Å². The fourth-order valence-corrected chi connectivity index (χ4v) is 4.65. The van der Waals surface area contributed by atoms with E-state index in [2.05, 4.69) is 19.9 Å². The average molecular weight is 373 g/mol. The van der Waals surface area contributed by atoms with Gasteiger partial charge >= 0.3 is 0 Å². The van der Waals surface area contributed by atoms with Gasteiger partial charge in [-0.3, -0.25) is 4.79 Å². The first-order valence-electron chi connectivity index (χ1n) is 8.97. The molecule has 1 N–H and O–H groups in total. The number of carbonyl (C=O) groups is 1. The van der Waals surface area contributed by atoms with Crippen molar-refractivity contribution in [1.29, 1.82) is 0 Å². The summed E-state index contributed by atoms with van der Waals surface area (Å²) in [6.07, 6.45) is 3.80. The number of aryl methyl sites for hydroxylation is 1. The minimum atomic E-state index is -0.422. The number of nitrogens with zero attached hydrogens (tertiary/aromatic N) is 5. The Bertz CT molecular complexity index is 784.